The van der Waals surface area contributed by atoms with Gasteiger partial charge in [-0.15, -0.1) is 0 Å². The maximum Gasteiger partial charge on any atom is 0.252 e. The Morgan fingerprint density at radius 2 is 2.13 bits per heavy atom. The van der Waals surface area contributed by atoms with Gasteiger partial charge < -0.3 is 10.2 Å². The van der Waals surface area contributed by atoms with E-state index in [2.05, 4.69) is 17.1 Å². The maximum absolute atomic E-state index is 12.6. The monoisotopic (exact) mass is 334 g/mol. The van der Waals surface area contributed by atoms with Crippen molar-refractivity contribution >= 4 is 23.2 Å². The van der Waals surface area contributed by atoms with E-state index < -0.39 is 0 Å². The van der Waals surface area contributed by atoms with Crippen LogP contribution in [0, 0.1) is 11.8 Å². The van der Waals surface area contributed by atoms with E-state index in [9.17, 15) is 9.59 Å². The zero-order chi connectivity index (χ0) is 16.2. The Labute approximate surface area is 142 Å². The fourth-order valence-electron chi connectivity index (χ4n) is 4.15. The highest BCUT2D eigenvalue weighted by molar-refractivity contribution is 7.08. The minimum atomic E-state index is -0.0816. The van der Waals surface area contributed by atoms with E-state index in [1.165, 1.54) is 30.6 Å². The van der Waals surface area contributed by atoms with Crippen LogP contribution in [-0.4, -0.2) is 35.8 Å². The number of thiophene rings is 1. The largest absolute Gasteiger partial charge is 0.351 e. The summed E-state index contributed by atoms with van der Waals surface area (Å²) in [5, 5.41) is 6.57. The third-order valence-electron chi connectivity index (χ3n) is 5.47. The van der Waals surface area contributed by atoms with E-state index in [1.54, 1.807) is 6.07 Å². The summed E-state index contributed by atoms with van der Waals surface area (Å²) >= 11 is 1.51. The predicted molar refractivity (Wildman–Crippen MR) is 92.5 cm³/mol. The number of nitrogens with one attached hydrogen (secondary N) is 1. The number of fused-ring (bicyclic) bond motifs is 1. The lowest BCUT2D eigenvalue weighted by Gasteiger charge is -2.47. The summed E-state index contributed by atoms with van der Waals surface area (Å²) in [4.78, 5) is 26.6. The zero-order valence-electron chi connectivity index (χ0n) is 13.8. The van der Waals surface area contributed by atoms with Gasteiger partial charge in [-0.05, 0) is 42.5 Å². The summed E-state index contributed by atoms with van der Waals surface area (Å²) in [6.07, 6.45) is 6.50. The minimum Gasteiger partial charge on any atom is -0.351 e. The fourth-order valence-corrected chi connectivity index (χ4v) is 4.78. The Morgan fingerprint density at radius 1 is 1.30 bits per heavy atom. The number of amides is 2. The van der Waals surface area contributed by atoms with Gasteiger partial charge in [-0.3, -0.25) is 9.59 Å². The van der Waals surface area contributed by atoms with Crippen LogP contribution in [0.4, 0.5) is 0 Å². The normalized spacial score (nSPS) is 27.3. The van der Waals surface area contributed by atoms with E-state index in [0.717, 1.165) is 25.3 Å². The molecule has 1 aromatic rings. The number of piperidine rings is 1. The van der Waals surface area contributed by atoms with E-state index >= 15 is 0 Å². The minimum absolute atomic E-state index is 0.0816. The summed E-state index contributed by atoms with van der Waals surface area (Å²) in [5.74, 6) is 1.55. The van der Waals surface area contributed by atoms with E-state index in [-0.39, 0.29) is 11.8 Å². The Hall–Kier alpha value is -1.36. The molecule has 1 saturated carbocycles. The highest BCUT2D eigenvalue weighted by Gasteiger charge is 2.38. The van der Waals surface area contributed by atoms with Gasteiger partial charge in [0.1, 0.15) is 0 Å². The van der Waals surface area contributed by atoms with Crippen LogP contribution in [0.2, 0.25) is 0 Å². The quantitative estimate of drug-likeness (QED) is 0.918. The summed E-state index contributed by atoms with van der Waals surface area (Å²) in [6, 6.07) is 2.24. The van der Waals surface area contributed by atoms with E-state index in [0.29, 0.717) is 30.5 Å². The molecule has 2 fully saturated rings. The molecule has 23 heavy (non-hydrogen) atoms. The molecule has 0 radical (unpaired) electrons. The average molecular weight is 334 g/mol. The van der Waals surface area contributed by atoms with Gasteiger partial charge in [0.05, 0.1) is 0 Å². The van der Waals surface area contributed by atoms with Gasteiger partial charge >= 0.3 is 0 Å². The van der Waals surface area contributed by atoms with Crippen LogP contribution in [0.25, 0.3) is 0 Å². The SMILES string of the molecule is C[C@H]1CCN(C(=O)CCNC(=O)c2ccsc2)[C@H]2CCCC[C@H]12. The summed E-state index contributed by atoms with van der Waals surface area (Å²) in [6.45, 7) is 3.66. The first-order chi connectivity index (χ1) is 11.2. The molecule has 3 atom stereocenters. The van der Waals surface area contributed by atoms with Gasteiger partial charge in [0, 0.05) is 36.5 Å². The van der Waals surface area contributed by atoms with Crippen molar-refractivity contribution in [2.45, 2.75) is 51.5 Å². The molecule has 3 rings (SSSR count). The van der Waals surface area contributed by atoms with Gasteiger partial charge in [0.15, 0.2) is 0 Å². The first-order valence-electron chi connectivity index (χ1n) is 8.76. The number of hydrogen-bond acceptors (Lipinski definition) is 3. The van der Waals surface area contributed by atoms with Gasteiger partial charge in [0.2, 0.25) is 5.91 Å². The standard InChI is InChI=1S/C18H26N2O2S/c1-13-7-10-20(16-5-3-2-4-15(13)16)17(21)6-9-19-18(22)14-8-11-23-12-14/h8,11-13,15-16H,2-7,9-10H2,1H3,(H,19,22)/t13-,15+,16-/m0/s1. The van der Waals surface area contributed by atoms with Crippen molar-refractivity contribution in [1.29, 1.82) is 0 Å². The maximum atomic E-state index is 12.6. The van der Waals surface area contributed by atoms with Crippen molar-refractivity contribution in [1.82, 2.24) is 10.2 Å². The van der Waals surface area contributed by atoms with Crippen molar-refractivity contribution in [3.8, 4) is 0 Å². The topological polar surface area (TPSA) is 49.4 Å². The molecule has 2 amide bonds. The summed E-state index contributed by atoms with van der Waals surface area (Å²) in [5.41, 5.74) is 0.682. The second-order valence-electron chi connectivity index (χ2n) is 6.89. The molecule has 1 N–H and O–H groups in total. The van der Waals surface area contributed by atoms with Crippen molar-refractivity contribution in [2.75, 3.05) is 13.1 Å². The average Bonchev–Trinajstić information content (AvgIpc) is 3.10. The summed E-state index contributed by atoms with van der Waals surface area (Å²) in [7, 11) is 0. The van der Waals surface area contributed by atoms with Gasteiger partial charge in [-0.1, -0.05) is 19.8 Å². The highest BCUT2D eigenvalue weighted by Crippen LogP contribution is 2.38. The lowest BCUT2D eigenvalue weighted by Crippen LogP contribution is -2.52. The Morgan fingerprint density at radius 3 is 2.91 bits per heavy atom. The Kier molecular flexibility index (Phi) is 5.36. The molecule has 0 bridgehead atoms. The zero-order valence-corrected chi connectivity index (χ0v) is 14.6. The van der Waals surface area contributed by atoms with Crippen molar-refractivity contribution in [2.24, 2.45) is 11.8 Å². The predicted octanol–water partition coefficient (Wildman–Crippen LogP) is 3.30. The first kappa shape index (κ1) is 16.5. The molecule has 0 unspecified atom stereocenters. The van der Waals surface area contributed by atoms with Crippen molar-refractivity contribution < 1.29 is 9.59 Å². The molecule has 2 aliphatic rings. The van der Waals surface area contributed by atoms with Crippen molar-refractivity contribution in [3.05, 3.63) is 22.4 Å². The summed E-state index contributed by atoms with van der Waals surface area (Å²) < 4.78 is 0. The Balaban J connectivity index is 1.50. The van der Waals surface area contributed by atoms with Crippen LogP contribution in [0.1, 0.15) is 55.8 Å². The Bertz CT molecular complexity index is 543. The first-order valence-corrected chi connectivity index (χ1v) is 9.71. The number of carbonyl (C=O) groups is 2. The van der Waals surface area contributed by atoms with E-state index in [4.69, 9.17) is 0 Å². The molecule has 126 valence electrons. The lowest BCUT2D eigenvalue weighted by atomic mass is 9.72. The molecular formula is C18H26N2O2S. The molecule has 1 aliphatic carbocycles. The number of carbonyl (C=O) groups excluding carboxylic acids is 2. The van der Waals surface area contributed by atoms with Crippen LogP contribution >= 0.6 is 11.3 Å². The number of hydrogen-bond donors (Lipinski definition) is 1. The molecule has 0 spiro atoms. The number of likely N-dealkylation sites (tertiary alicyclic amines) is 1. The molecule has 1 aliphatic heterocycles. The third-order valence-corrected chi connectivity index (χ3v) is 6.15. The molecule has 5 heteroatoms. The molecule has 0 aromatic carbocycles. The highest BCUT2D eigenvalue weighted by atomic mass is 32.1. The molecule has 1 saturated heterocycles. The second-order valence-corrected chi connectivity index (χ2v) is 7.67. The van der Waals surface area contributed by atoms with Crippen molar-refractivity contribution in [3.63, 3.8) is 0 Å². The van der Waals surface area contributed by atoms with Crippen LogP contribution in [0.3, 0.4) is 0 Å². The van der Waals surface area contributed by atoms with Gasteiger partial charge in [-0.2, -0.15) is 11.3 Å². The second kappa shape index (κ2) is 7.47. The third kappa shape index (κ3) is 3.77. The van der Waals surface area contributed by atoms with E-state index in [1.807, 2.05) is 10.8 Å². The molecule has 4 nitrogen and oxygen atoms in total. The fraction of sp³-hybridized carbons (Fsp3) is 0.667. The van der Waals surface area contributed by atoms with Crippen LogP contribution in [-0.2, 0) is 4.79 Å². The number of nitrogens with zero attached hydrogens (tertiary/aromatic N) is 1. The molecule has 2 heterocycles. The smallest absolute Gasteiger partial charge is 0.252 e. The van der Waals surface area contributed by atoms with Crippen LogP contribution in [0.5, 0.6) is 0 Å². The van der Waals surface area contributed by atoms with Gasteiger partial charge in [-0.25, -0.2) is 0 Å². The van der Waals surface area contributed by atoms with Crippen LogP contribution < -0.4 is 5.32 Å². The van der Waals surface area contributed by atoms with Gasteiger partial charge in [0.25, 0.3) is 5.91 Å². The van der Waals surface area contributed by atoms with Crippen LogP contribution in [0.15, 0.2) is 16.8 Å². The number of rotatable bonds is 4. The molecule has 1 aromatic heterocycles. The molecular weight excluding hydrogens is 308 g/mol. The lowest BCUT2D eigenvalue weighted by molar-refractivity contribution is -0.138.